The van der Waals surface area contributed by atoms with E-state index in [9.17, 15) is 9.90 Å². The highest BCUT2D eigenvalue weighted by Gasteiger charge is 2.31. The van der Waals surface area contributed by atoms with Gasteiger partial charge < -0.3 is 10.4 Å². The number of hydrogen-bond acceptors (Lipinski definition) is 2. The Kier molecular flexibility index (Phi) is 4.33. The molecule has 0 bridgehead atoms. The van der Waals surface area contributed by atoms with Crippen LogP contribution in [0.15, 0.2) is 24.3 Å². The van der Waals surface area contributed by atoms with E-state index in [-0.39, 0.29) is 0 Å². The highest BCUT2D eigenvalue weighted by Crippen LogP contribution is 2.16. The van der Waals surface area contributed by atoms with Crippen LogP contribution < -0.4 is 5.32 Å². The normalized spacial score (nSPS) is 14.4. The van der Waals surface area contributed by atoms with Gasteiger partial charge in [-0.15, -0.1) is 0 Å². The molecular weight excluding hydrogens is 226 g/mol. The average molecular weight is 242 g/mol. The van der Waals surface area contributed by atoms with Crippen LogP contribution >= 0.6 is 11.6 Å². The van der Waals surface area contributed by atoms with Gasteiger partial charge >= 0.3 is 5.97 Å². The molecule has 0 aliphatic carbocycles. The van der Waals surface area contributed by atoms with Gasteiger partial charge in [-0.1, -0.05) is 30.7 Å². The van der Waals surface area contributed by atoms with Gasteiger partial charge in [-0.25, -0.2) is 0 Å². The van der Waals surface area contributed by atoms with Crippen molar-refractivity contribution in [2.24, 2.45) is 0 Å². The number of carboxylic acid groups (broad SMARTS) is 1. The third-order valence-electron chi connectivity index (χ3n) is 2.51. The number of nitrogens with one attached hydrogen (secondary N) is 1. The summed E-state index contributed by atoms with van der Waals surface area (Å²) in [5.41, 5.74) is 0.0259. The van der Waals surface area contributed by atoms with Gasteiger partial charge in [0.15, 0.2) is 0 Å². The predicted octanol–water partition coefficient (Wildman–Crippen LogP) is 2.34. The summed E-state index contributed by atoms with van der Waals surface area (Å²) < 4.78 is 0. The van der Waals surface area contributed by atoms with E-state index in [1.807, 2.05) is 19.1 Å². The van der Waals surface area contributed by atoms with E-state index in [2.05, 4.69) is 5.32 Å². The average Bonchev–Trinajstić information content (AvgIpc) is 2.22. The van der Waals surface area contributed by atoms with Gasteiger partial charge in [0.2, 0.25) is 0 Å². The van der Waals surface area contributed by atoms with Crippen molar-refractivity contribution in [2.45, 2.75) is 25.8 Å². The van der Waals surface area contributed by atoms with Crippen LogP contribution in [0.25, 0.3) is 0 Å². The summed E-state index contributed by atoms with van der Waals surface area (Å²) in [6.07, 6.45) is 0.438. The van der Waals surface area contributed by atoms with E-state index in [0.29, 0.717) is 18.0 Å². The molecule has 3 nitrogen and oxygen atoms in total. The summed E-state index contributed by atoms with van der Waals surface area (Å²) in [6.45, 7) is 4.20. The van der Waals surface area contributed by atoms with Crippen LogP contribution in [0.3, 0.4) is 0 Å². The molecule has 1 aromatic carbocycles. The van der Waals surface area contributed by atoms with Crippen LogP contribution in [0, 0.1) is 0 Å². The standard InChI is InChI=1S/C12H16ClNO2/c1-3-14-12(2,11(15)16)8-9-4-6-10(13)7-5-9/h4-7,14H,3,8H2,1-2H3,(H,15,16). The summed E-state index contributed by atoms with van der Waals surface area (Å²) in [6, 6.07) is 7.23. The number of rotatable bonds is 5. The monoisotopic (exact) mass is 241 g/mol. The first-order chi connectivity index (χ1) is 7.48. The third-order valence-corrected chi connectivity index (χ3v) is 2.76. The zero-order chi connectivity index (χ0) is 12.2. The van der Waals surface area contributed by atoms with Crippen LogP contribution in [0.4, 0.5) is 0 Å². The first kappa shape index (κ1) is 13.0. The Morgan fingerprint density at radius 1 is 1.44 bits per heavy atom. The molecule has 1 unspecified atom stereocenters. The molecule has 0 fully saturated rings. The SMILES string of the molecule is CCNC(C)(Cc1ccc(Cl)cc1)C(=O)O. The van der Waals surface area contributed by atoms with Gasteiger partial charge in [0.25, 0.3) is 0 Å². The van der Waals surface area contributed by atoms with E-state index < -0.39 is 11.5 Å². The second-order valence-corrected chi connectivity index (χ2v) is 4.41. The van der Waals surface area contributed by atoms with Crippen molar-refractivity contribution in [1.29, 1.82) is 0 Å². The Hall–Kier alpha value is -1.06. The van der Waals surface area contributed by atoms with Gasteiger partial charge in [0, 0.05) is 11.4 Å². The summed E-state index contributed by atoms with van der Waals surface area (Å²) in [7, 11) is 0. The topological polar surface area (TPSA) is 49.3 Å². The molecule has 0 saturated carbocycles. The molecule has 1 atom stereocenters. The maximum Gasteiger partial charge on any atom is 0.323 e. The zero-order valence-corrected chi connectivity index (χ0v) is 10.2. The first-order valence-corrected chi connectivity index (χ1v) is 5.58. The van der Waals surface area contributed by atoms with Gasteiger partial charge in [-0.05, 0) is 31.2 Å². The smallest absolute Gasteiger partial charge is 0.323 e. The van der Waals surface area contributed by atoms with Crippen LogP contribution in [-0.2, 0) is 11.2 Å². The lowest BCUT2D eigenvalue weighted by Crippen LogP contribution is -2.51. The highest BCUT2D eigenvalue weighted by molar-refractivity contribution is 6.30. The molecule has 0 aliphatic rings. The van der Waals surface area contributed by atoms with Crippen molar-refractivity contribution in [1.82, 2.24) is 5.32 Å². The number of carboxylic acids is 1. The maximum absolute atomic E-state index is 11.2. The molecule has 0 spiro atoms. The van der Waals surface area contributed by atoms with Crippen molar-refractivity contribution in [2.75, 3.05) is 6.54 Å². The molecule has 0 radical (unpaired) electrons. The Morgan fingerprint density at radius 2 is 2.00 bits per heavy atom. The summed E-state index contributed by atoms with van der Waals surface area (Å²) in [5.74, 6) is -0.843. The number of aliphatic carboxylic acids is 1. The molecule has 1 rings (SSSR count). The lowest BCUT2D eigenvalue weighted by Gasteiger charge is -2.25. The van der Waals surface area contributed by atoms with E-state index >= 15 is 0 Å². The van der Waals surface area contributed by atoms with E-state index in [0.717, 1.165) is 5.56 Å². The molecule has 0 saturated heterocycles. The predicted molar refractivity (Wildman–Crippen MR) is 64.9 cm³/mol. The minimum Gasteiger partial charge on any atom is -0.480 e. The summed E-state index contributed by atoms with van der Waals surface area (Å²) in [5, 5.41) is 12.8. The molecule has 4 heteroatoms. The zero-order valence-electron chi connectivity index (χ0n) is 9.46. The fraction of sp³-hybridized carbons (Fsp3) is 0.417. The van der Waals surface area contributed by atoms with Gasteiger partial charge in [-0.2, -0.15) is 0 Å². The molecule has 0 aliphatic heterocycles. The quantitative estimate of drug-likeness (QED) is 0.832. The fourth-order valence-electron chi connectivity index (χ4n) is 1.61. The molecule has 88 valence electrons. The second-order valence-electron chi connectivity index (χ2n) is 3.97. The van der Waals surface area contributed by atoms with Gasteiger partial charge in [-0.3, -0.25) is 4.79 Å². The van der Waals surface area contributed by atoms with E-state index in [4.69, 9.17) is 11.6 Å². The number of halogens is 1. The summed E-state index contributed by atoms with van der Waals surface area (Å²) >= 11 is 5.77. The van der Waals surface area contributed by atoms with Crippen molar-refractivity contribution in [3.05, 3.63) is 34.9 Å². The van der Waals surface area contributed by atoms with Crippen LogP contribution in [0.5, 0.6) is 0 Å². The Balaban J connectivity index is 2.83. The minimum atomic E-state index is -0.928. The lowest BCUT2D eigenvalue weighted by molar-refractivity contribution is -0.144. The maximum atomic E-state index is 11.2. The Morgan fingerprint density at radius 3 is 2.44 bits per heavy atom. The van der Waals surface area contributed by atoms with Crippen molar-refractivity contribution in [3.8, 4) is 0 Å². The number of hydrogen-bond donors (Lipinski definition) is 2. The molecule has 0 heterocycles. The van der Waals surface area contributed by atoms with Crippen molar-refractivity contribution >= 4 is 17.6 Å². The van der Waals surface area contributed by atoms with Crippen LogP contribution in [0.2, 0.25) is 5.02 Å². The van der Waals surface area contributed by atoms with E-state index in [1.165, 1.54) is 0 Å². The number of benzene rings is 1. The Bertz CT molecular complexity index is 364. The highest BCUT2D eigenvalue weighted by atomic mass is 35.5. The van der Waals surface area contributed by atoms with Crippen LogP contribution in [-0.4, -0.2) is 23.2 Å². The molecule has 1 aromatic rings. The fourth-order valence-corrected chi connectivity index (χ4v) is 1.74. The van der Waals surface area contributed by atoms with E-state index in [1.54, 1.807) is 19.1 Å². The largest absolute Gasteiger partial charge is 0.480 e. The van der Waals surface area contributed by atoms with Gasteiger partial charge in [0.1, 0.15) is 5.54 Å². The molecule has 0 amide bonds. The van der Waals surface area contributed by atoms with Crippen molar-refractivity contribution in [3.63, 3.8) is 0 Å². The third kappa shape index (κ3) is 3.22. The second kappa shape index (κ2) is 5.32. The lowest BCUT2D eigenvalue weighted by atomic mass is 9.93. The van der Waals surface area contributed by atoms with Crippen LogP contribution in [0.1, 0.15) is 19.4 Å². The molecule has 0 aromatic heterocycles. The molecule has 16 heavy (non-hydrogen) atoms. The molecule has 2 N–H and O–H groups in total. The van der Waals surface area contributed by atoms with Gasteiger partial charge in [0.05, 0.1) is 0 Å². The summed E-state index contributed by atoms with van der Waals surface area (Å²) in [4.78, 5) is 11.2. The first-order valence-electron chi connectivity index (χ1n) is 5.21. The number of likely N-dealkylation sites (N-methyl/N-ethyl adjacent to an activating group) is 1. The molecular formula is C12H16ClNO2. The number of carbonyl (C=O) groups is 1. The Labute approximate surface area is 100 Å². The van der Waals surface area contributed by atoms with Crippen molar-refractivity contribution < 1.29 is 9.90 Å². The minimum absolute atomic E-state index is 0.438.